The maximum atomic E-state index is 13.6. The molecule has 0 heterocycles. The van der Waals surface area contributed by atoms with Crippen LogP contribution in [0.15, 0.2) is 39.3 Å². The summed E-state index contributed by atoms with van der Waals surface area (Å²) in [5.41, 5.74) is 2.06. The van der Waals surface area contributed by atoms with Crippen LogP contribution >= 0.6 is 31.9 Å². The Hall–Kier alpha value is -0.910. The zero-order chi connectivity index (χ0) is 14.9. The average Bonchev–Trinajstić information content (AvgIpc) is 2.43. The molecule has 0 bridgehead atoms. The van der Waals surface area contributed by atoms with Gasteiger partial charge >= 0.3 is 0 Å². The summed E-state index contributed by atoms with van der Waals surface area (Å²) in [5.74, 6) is 0.160. The molecule has 20 heavy (non-hydrogen) atoms. The lowest BCUT2D eigenvalue weighted by molar-refractivity contribution is 0.214. The van der Waals surface area contributed by atoms with Crippen LogP contribution in [0.1, 0.15) is 22.8 Å². The molecule has 1 unspecified atom stereocenters. The van der Waals surface area contributed by atoms with E-state index >= 15 is 0 Å². The predicted molar refractivity (Wildman–Crippen MR) is 83.6 cm³/mol. The fraction of sp³-hybridized carbons (Fsp3) is 0.200. The fourth-order valence-electron chi connectivity index (χ4n) is 1.92. The average molecular weight is 404 g/mol. The molecule has 106 valence electrons. The van der Waals surface area contributed by atoms with E-state index in [0.29, 0.717) is 21.3 Å². The van der Waals surface area contributed by atoms with E-state index < -0.39 is 11.9 Å². The summed E-state index contributed by atoms with van der Waals surface area (Å²) >= 11 is 6.52. The molecule has 0 saturated heterocycles. The molecule has 0 saturated carbocycles. The topological polar surface area (TPSA) is 29.5 Å². The molecule has 0 spiro atoms. The summed E-state index contributed by atoms with van der Waals surface area (Å²) in [6.07, 6.45) is -0.954. The number of hydrogen-bond donors (Lipinski definition) is 1. The zero-order valence-corrected chi connectivity index (χ0v) is 14.1. The van der Waals surface area contributed by atoms with Crippen molar-refractivity contribution < 1.29 is 14.2 Å². The predicted octanol–water partition coefficient (Wildman–Crippen LogP) is 4.75. The molecule has 0 radical (unpaired) electrons. The van der Waals surface area contributed by atoms with Gasteiger partial charge in [0.2, 0.25) is 0 Å². The van der Waals surface area contributed by atoms with Crippen LogP contribution in [-0.2, 0) is 0 Å². The van der Waals surface area contributed by atoms with Crippen molar-refractivity contribution in [1.82, 2.24) is 0 Å². The van der Waals surface area contributed by atoms with E-state index in [1.165, 1.54) is 6.07 Å². The Balaban J connectivity index is 2.49. The van der Waals surface area contributed by atoms with E-state index in [4.69, 9.17) is 4.74 Å². The van der Waals surface area contributed by atoms with Crippen molar-refractivity contribution in [3.8, 4) is 5.75 Å². The van der Waals surface area contributed by atoms with E-state index in [1.54, 1.807) is 25.3 Å². The highest BCUT2D eigenvalue weighted by molar-refractivity contribution is 9.10. The molecule has 2 aromatic rings. The number of rotatable bonds is 3. The summed E-state index contributed by atoms with van der Waals surface area (Å²) in [6, 6.07) is 8.17. The Kier molecular flexibility index (Phi) is 4.83. The second-order valence-corrected chi connectivity index (χ2v) is 6.13. The first-order chi connectivity index (χ1) is 9.43. The van der Waals surface area contributed by atoms with Gasteiger partial charge in [-0.05, 0) is 58.2 Å². The minimum atomic E-state index is -0.954. The van der Waals surface area contributed by atoms with Crippen LogP contribution in [0.5, 0.6) is 5.75 Å². The number of hydrogen-bond acceptors (Lipinski definition) is 2. The van der Waals surface area contributed by atoms with Gasteiger partial charge in [-0.1, -0.05) is 22.0 Å². The largest absolute Gasteiger partial charge is 0.496 e. The minimum Gasteiger partial charge on any atom is -0.496 e. The van der Waals surface area contributed by atoms with Crippen molar-refractivity contribution >= 4 is 31.9 Å². The molecular formula is C15H13Br2FO2. The van der Waals surface area contributed by atoms with Crippen LogP contribution in [-0.4, -0.2) is 12.2 Å². The lowest BCUT2D eigenvalue weighted by atomic mass is 9.99. The highest BCUT2D eigenvalue weighted by Gasteiger charge is 2.18. The minimum absolute atomic E-state index is 0.366. The number of benzene rings is 2. The summed E-state index contributed by atoms with van der Waals surface area (Å²) in [5, 5.41) is 10.5. The Morgan fingerprint density at radius 3 is 2.45 bits per heavy atom. The third-order valence-corrected chi connectivity index (χ3v) is 4.56. The summed E-state index contributed by atoms with van der Waals surface area (Å²) < 4.78 is 20.1. The highest BCUT2D eigenvalue weighted by Crippen LogP contribution is 2.35. The van der Waals surface area contributed by atoms with Crippen molar-refractivity contribution in [3.05, 3.63) is 61.8 Å². The first kappa shape index (κ1) is 15.5. The summed E-state index contributed by atoms with van der Waals surface area (Å²) in [4.78, 5) is 0. The smallest absolute Gasteiger partial charge is 0.137 e. The van der Waals surface area contributed by atoms with Crippen molar-refractivity contribution in [3.63, 3.8) is 0 Å². The second-order valence-electron chi connectivity index (χ2n) is 4.42. The van der Waals surface area contributed by atoms with Gasteiger partial charge < -0.3 is 9.84 Å². The number of aliphatic hydroxyl groups is 1. The van der Waals surface area contributed by atoms with Crippen molar-refractivity contribution in [2.75, 3.05) is 7.11 Å². The van der Waals surface area contributed by atoms with Crippen LogP contribution in [0.25, 0.3) is 0 Å². The maximum absolute atomic E-state index is 13.6. The normalized spacial score (nSPS) is 12.3. The standard InChI is InChI=1S/C15H13Br2FO2/c1-8-5-14(20-2)10(7-12(8)17)15(19)9-3-4-11(16)13(18)6-9/h3-7,15,19H,1-2H3. The van der Waals surface area contributed by atoms with Crippen LogP contribution < -0.4 is 4.74 Å². The van der Waals surface area contributed by atoms with Gasteiger partial charge in [0.05, 0.1) is 11.6 Å². The van der Waals surface area contributed by atoms with Gasteiger partial charge in [0, 0.05) is 10.0 Å². The molecule has 2 rings (SSSR count). The lowest BCUT2D eigenvalue weighted by Crippen LogP contribution is -2.04. The third kappa shape index (κ3) is 3.05. The molecule has 0 fully saturated rings. The van der Waals surface area contributed by atoms with Crippen molar-refractivity contribution in [1.29, 1.82) is 0 Å². The molecular weight excluding hydrogens is 391 g/mol. The van der Waals surface area contributed by atoms with Gasteiger partial charge in [-0.3, -0.25) is 0 Å². The SMILES string of the molecule is COc1cc(C)c(Br)cc1C(O)c1ccc(Br)c(F)c1. The quantitative estimate of drug-likeness (QED) is 0.801. The van der Waals surface area contributed by atoms with Gasteiger partial charge in [0.25, 0.3) is 0 Å². The Morgan fingerprint density at radius 2 is 1.85 bits per heavy atom. The lowest BCUT2D eigenvalue weighted by Gasteiger charge is -2.17. The van der Waals surface area contributed by atoms with E-state index in [0.717, 1.165) is 10.0 Å². The molecule has 0 aromatic heterocycles. The third-order valence-electron chi connectivity index (χ3n) is 3.06. The first-order valence-electron chi connectivity index (χ1n) is 5.91. The van der Waals surface area contributed by atoms with Gasteiger partial charge in [-0.15, -0.1) is 0 Å². The fourth-order valence-corrected chi connectivity index (χ4v) is 2.53. The number of aliphatic hydroxyl groups excluding tert-OH is 1. The monoisotopic (exact) mass is 402 g/mol. The van der Waals surface area contributed by atoms with Crippen LogP contribution in [0.2, 0.25) is 0 Å². The molecule has 0 aliphatic heterocycles. The number of methoxy groups -OCH3 is 1. The number of halogens is 3. The van der Waals surface area contributed by atoms with E-state index in [1.807, 2.05) is 13.0 Å². The van der Waals surface area contributed by atoms with E-state index in [2.05, 4.69) is 31.9 Å². The van der Waals surface area contributed by atoms with Crippen molar-refractivity contribution in [2.24, 2.45) is 0 Å². The maximum Gasteiger partial charge on any atom is 0.137 e. The van der Waals surface area contributed by atoms with Crippen LogP contribution in [0, 0.1) is 12.7 Å². The second kappa shape index (κ2) is 6.24. The molecule has 2 nitrogen and oxygen atoms in total. The van der Waals surface area contributed by atoms with E-state index in [9.17, 15) is 9.50 Å². The molecule has 0 aliphatic carbocycles. The number of ether oxygens (including phenoxy) is 1. The van der Waals surface area contributed by atoms with Crippen LogP contribution in [0.3, 0.4) is 0 Å². The zero-order valence-electron chi connectivity index (χ0n) is 11.0. The first-order valence-corrected chi connectivity index (χ1v) is 7.49. The summed E-state index contributed by atoms with van der Waals surface area (Å²) in [7, 11) is 1.54. The van der Waals surface area contributed by atoms with E-state index in [-0.39, 0.29) is 0 Å². The molecule has 0 amide bonds. The van der Waals surface area contributed by atoms with Gasteiger partial charge in [-0.2, -0.15) is 0 Å². The molecule has 5 heteroatoms. The van der Waals surface area contributed by atoms with Gasteiger partial charge in [0.15, 0.2) is 0 Å². The highest BCUT2D eigenvalue weighted by atomic mass is 79.9. The molecule has 2 aromatic carbocycles. The van der Waals surface area contributed by atoms with Gasteiger partial charge in [0.1, 0.15) is 17.7 Å². The summed E-state index contributed by atoms with van der Waals surface area (Å²) in [6.45, 7) is 1.93. The van der Waals surface area contributed by atoms with Gasteiger partial charge in [-0.25, -0.2) is 4.39 Å². The number of aryl methyl sites for hydroxylation is 1. The Bertz CT molecular complexity index is 644. The van der Waals surface area contributed by atoms with Crippen molar-refractivity contribution in [2.45, 2.75) is 13.0 Å². The molecule has 0 aliphatic rings. The molecule has 1 atom stereocenters. The Labute approximate surface area is 133 Å². The Morgan fingerprint density at radius 1 is 1.15 bits per heavy atom. The van der Waals surface area contributed by atoms with Crippen LogP contribution in [0.4, 0.5) is 4.39 Å². The molecule has 1 N–H and O–H groups in total.